The smallest absolute Gasteiger partial charge is 0.407 e. The molecular formula is C44H56N10O7. The van der Waals surface area contributed by atoms with Gasteiger partial charge in [-0.1, -0.05) is 76.2 Å². The first kappa shape index (κ1) is 42.7. The molecule has 2 aromatic carbocycles. The molecule has 3 fully saturated rings. The predicted octanol–water partition coefficient (Wildman–Crippen LogP) is 5.47. The van der Waals surface area contributed by atoms with E-state index in [1.807, 2.05) is 52.0 Å². The number of urea groups is 1. The molecule has 324 valence electrons. The first-order chi connectivity index (χ1) is 29.2. The lowest BCUT2D eigenvalue weighted by Crippen LogP contribution is -2.62. The Morgan fingerprint density at radius 2 is 1.15 bits per heavy atom. The monoisotopic (exact) mass is 836 g/mol. The third-order valence-corrected chi connectivity index (χ3v) is 12.2. The van der Waals surface area contributed by atoms with Crippen LogP contribution in [0.3, 0.4) is 0 Å². The van der Waals surface area contributed by atoms with Crippen LogP contribution < -0.4 is 16.0 Å². The number of nitrogens with one attached hydrogen (secondary N) is 5. The molecule has 4 atom stereocenters. The topological polar surface area (TPSA) is 207 Å². The number of methoxy groups -OCH3 is 2. The van der Waals surface area contributed by atoms with Crippen LogP contribution >= 0.6 is 0 Å². The third kappa shape index (κ3) is 8.77. The van der Waals surface area contributed by atoms with Crippen LogP contribution in [0.4, 0.5) is 14.4 Å². The molecule has 6 amide bonds. The summed E-state index contributed by atoms with van der Waals surface area (Å²) in [5.74, 6) is 0.669. The van der Waals surface area contributed by atoms with E-state index in [0.29, 0.717) is 44.2 Å². The number of imidazole rings is 2. The number of hydrogen-bond acceptors (Lipinski definition) is 9. The number of carbonyl (C=O) groups excluding carboxylic acids is 5. The molecule has 17 heteroatoms. The van der Waals surface area contributed by atoms with E-state index >= 15 is 0 Å². The minimum absolute atomic E-state index is 0.117. The summed E-state index contributed by atoms with van der Waals surface area (Å²) in [6.07, 6.45) is 4.48. The van der Waals surface area contributed by atoms with E-state index < -0.39 is 24.3 Å². The van der Waals surface area contributed by atoms with E-state index in [4.69, 9.17) is 14.5 Å². The molecule has 4 aromatic rings. The van der Waals surface area contributed by atoms with Crippen molar-refractivity contribution < 1.29 is 33.4 Å². The number of aromatic amines is 2. The largest absolute Gasteiger partial charge is 0.453 e. The average Bonchev–Trinajstić information content (AvgIpc) is 4.09. The van der Waals surface area contributed by atoms with Gasteiger partial charge < -0.3 is 50.1 Å². The van der Waals surface area contributed by atoms with Gasteiger partial charge in [-0.3, -0.25) is 9.59 Å². The summed E-state index contributed by atoms with van der Waals surface area (Å²) in [5.41, 5.74) is 5.30. The first-order valence-electron chi connectivity index (χ1n) is 20.8. The van der Waals surface area contributed by atoms with Gasteiger partial charge in [-0.05, 0) is 53.4 Å². The lowest BCUT2D eigenvalue weighted by atomic mass is 9.78. The Balaban J connectivity index is 1.04. The quantitative estimate of drug-likeness (QED) is 0.130. The van der Waals surface area contributed by atoms with Gasteiger partial charge in [0.05, 0.1) is 50.1 Å². The van der Waals surface area contributed by atoms with Gasteiger partial charge in [-0.25, -0.2) is 24.4 Å². The maximum atomic E-state index is 14.1. The van der Waals surface area contributed by atoms with Crippen LogP contribution in [0.25, 0.3) is 33.6 Å². The number of alkyl carbamates (subject to hydrolysis) is 2. The molecule has 1 spiro atoms. The number of nitrogens with zero attached hydrogens (tertiary/aromatic N) is 5. The van der Waals surface area contributed by atoms with E-state index in [1.165, 1.54) is 14.2 Å². The highest BCUT2D eigenvalue weighted by molar-refractivity contribution is 5.87. The fourth-order valence-corrected chi connectivity index (χ4v) is 8.89. The number of likely N-dealkylation sites (tertiary alicyclic amines) is 3. The van der Waals surface area contributed by atoms with Crippen LogP contribution in [-0.4, -0.2) is 124 Å². The molecule has 0 saturated carbocycles. The lowest BCUT2D eigenvalue weighted by Gasteiger charge is -2.47. The fraction of sp³-hybridized carbons (Fsp3) is 0.477. The van der Waals surface area contributed by atoms with Crippen molar-refractivity contribution in [3.8, 4) is 33.6 Å². The van der Waals surface area contributed by atoms with Crippen molar-refractivity contribution in [1.29, 1.82) is 0 Å². The van der Waals surface area contributed by atoms with Gasteiger partial charge >= 0.3 is 18.2 Å². The lowest BCUT2D eigenvalue weighted by molar-refractivity contribution is -0.136. The van der Waals surface area contributed by atoms with Crippen LogP contribution in [0.2, 0.25) is 0 Å². The van der Waals surface area contributed by atoms with Crippen LogP contribution in [-0.2, 0) is 19.1 Å². The average molecular weight is 837 g/mol. The SMILES string of the molecule is CNC(=O)N1CC2(CC(c3ncc(-c4ccc(-c5ccc(-c6cnc([C@@H]7CCCN7C(=O)[C@@H](NC(=O)OC)C(C)C)[nH]6)cc5)cc4)[nH]3)N(C(=O)[C@@H](NC(=O)OC)C(C)C)C2)C1. The summed E-state index contributed by atoms with van der Waals surface area (Å²) in [5, 5.41) is 8.09. The van der Waals surface area contributed by atoms with Crippen molar-refractivity contribution in [1.82, 2.24) is 50.6 Å². The highest BCUT2D eigenvalue weighted by Crippen LogP contribution is 2.48. The molecule has 7 rings (SSSR count). The number of hydrogen-bond donors (Lipinski definition) is 5. The van der Waals surface area contributed by atoms with Crippen LogP contribution in [0.15, 0.2) is 60.9 Å². The zero-order valence-electron chi connectivity index (χ0n) is 35.8. The Bertz CT molecular complexity index is 2230. The van der Waals surface area contributed by atoms with Crippen molar-refractivity contribution in [3.63, 3.8) is 0 Å². The number of aromatic nitrogens is 4. The van der Waals surface area contributed by atoms with Gasteiger partial charge in [-0.15, -0.1) is 0 Å². The van der Waals surface area contributed by atoms with E-state index in [1.54, 1.807) is 34.1 Å². The number of ether oxygens (including phenoxy) is 2. The fourth-order valence-electron chi connectivity index (χ4n) is 8.89. The number of amides is 6. The van der Waals surface area contributed by atoms with Gasteiger partial charge in [0.25, 0.3) is 0 Å². The van der Waals surface area contributed by atoms with Crippen molar-refractivity contribution in [3.05, 3.63) is 72.6 Å². The van der Waals surface area contributed by atoms with Gasteiger partial charge in [0.15, 0.2) is 0 Å². The number of H-pyrrole nitrogens is 2. The molecule has 5 heterocycles. The molecular weight excluding hydrogens is 781 g/mol. The van der Waals surface area contributed by atoms with Crippen LogP contribution in [0.1, 0.15) is 70.7 Å². The maximum absolute atomic E-state index is 14.1. The molecule has 0 aliphatic carbocycles. The second-order valence-electron chi connectivity index (χ2n) is 17.0. The second kappa shape index (κ2) is 17.7. The summed E-state index contributed by atoms with van der Waals surface area (Å²) in [7, 11) is 4.16. The molecule has 3 aliphatic heterocycles. The van der Waals surface area contributed by atoms with Gasteiger partial charge in [0, 0.05) is 38.6 Å². The molecule has 0 bridgehead atoms. The summed E-state index contributed by atoms with van der Waals surface area (Å²) in [6, 6.07) is 14.1. The maximum Gasteiger partial charge on any atom is 0.407 e. The van der Waals surface area contributed by atoms with Crippen LogP contribution in [0, 0.1) is 17.3 Å². The minimum Gasteiger partial charge on any atom is -0.453 e. The van der Waals surface area contributed by atoms with E-state index in [-0.39, 0.29) is 47.2 Å². The third-order valence-electron chi connectivity index (χ3n) is 12.2. The van der Waals surface area contributed by atoms with Crippen molar-refractivity contribution in [2.24, 2.45) is 17.3 Å². The van der Waals surface area contributed by atoms with Crippen molar-refractivity contribution in [2.45, 2.75) is 71.1 Å². The Kier molecular flexibility index (Phi) is 12.4. The van der Waals surface area contributed by atoms with E-state index in [9.17, 15) is 24.0 Å². The van der Waals surface area contributed by atoms with Crippen LogP contribution in [0.5, 0.6) is 0 Å². The minimum atomic E-state index is -0.796. The Hall–Kier alpha value is -6.39. The molecule has 2 aromatic heterocycles. The normalized spacial score (nSPS) is 19.1. The Labute approximate surface area is 355 Å². The first-order valence-corrected chi connectivity index (χ1v) is 20.8. The van der Waals surface area contributed by atoms with E-state index in [0.717, 1.165) is 46.5 Å². The molecule has 17 nitrogen and oxygen atoms in total. The molecule has 5 N–H and O–H groups in total. The summed E-state index contributed by atoms with van der Waals surface area (Å²) in [6.45, 7) is 9.58. The summed E-state index contributed by atoms with van der Waals surface area (Å²) in [4.78, 5) is 85.9. The standard InChI is InChI=1S/C44H56N10O7/c1-25(2)35(50-42(58)60-6)39(55)53-18-8-9-33(53)37-46-20-31(48-37)29-14-10-27(11-15-29)28-12-16-30(17-13-28)32-21-47-38(49-32)34-19-44(22-52(23-44)41(57)45-5)24-54(34)40(56)36(26(3)4)51-43(59)61-7/h10-17,20-21,25-26,33-36H,8-9,18-19,22-24H2,1-7H3,(H,45,57)(H,46,48)(H,47,49)(H,50,58)(H,51,59)/t33-,34?,35-,36-/m0/s1. The van der Waals surface area contributed by atoms with Gasteiger partial charge in [0.1, 0.15) is 23.7 Å². The predicted molar refractivity (Wildman–Crippen MR) is 227 cm³/mol. The second-order valence-corrected chi connectivity index (χ2v) is 17.0. The number of rotatable bonds is 11. The number of carbonyl (C=O) groups is 5. The highest BCUT2D eigenvalue weighted by atomic mass is 16.5. The van der Waals surface area contributed by atoms with Gasteiger partial charge in [-0.2, -0.15) is 0 Å². The van der Waals surface area contributed by atoms with Crippen molar-refractivity contribution >= 4 is 30.0 Å². The Morgan fingerprint density at radius 3 is 1.61 bits per heavy atom. The highest BCUT2D eigenvalue weighted by Gasteiger charge is 2.55. The molecule has 61 heavy (non-hydrogen) atoms. The zero-order valence-corrected chi connectivity index (χ0v) is 35.8. The van der Waals surface area contributed by atoms with Crippen molar-refractivity contribution in [2.75, 3.05) is 47.4 Å². The number of benzene rings is 2. The summed E-state index contributed by atoms with van der Waals surface area (Å²) >= 11 is 0. The van der Waals surface area contributed by atoms with E-state index in [2.05, 4.69) is 55.2 Å². The molecule has 1 unspecified atom stereocenters. The molecule has 3 saturated heterocycles. The summed E-state index contributed by atoms with van der Waals surface area (Å²) < 4.78 is 9.59. The zero-order chi connectivity index (χ0) is 43.6. The van der Waals surface area contributed by atoms with Gasteiger partial charge in [0.2, 0.25) is 11.8 Å². The Morgan fingerprint density at radius 1 is 0.689 bits per heavy atom. The molecule has 0 radical (unpaired) electrons. The molecule has 3 aliphatic rings.